The van der Waals surface area contributed by atoms with E-state index in [1.807, 2.05) is 97.1 Å². The molecule has 6 aliphatic rings. The van der Waals surface area contributed by atoms with Crippen LogP contribution in [0.2, 0.25) is 38.3 Å². The third kappa shape index (κ3) is 20.9. The number of amidine groups is 4. The van der Waals surface area contributed by atoms with E-state index in [-0.39, 0.29) is 257 Å². The zero-order chi connectivity index (χ0) is 79.8. The average molecular weight is 1780 g/mol. The summed E-state index contributed by atoms with van der Waals surface area (Å²) < 4.78 is 227. The van der Waals surface area contributed by atoms with Gasteiger partial charge in [0, 0.05) is 12.4 Å². The van der Waals surface area contributed by atoms with Crippen LogP contribution in [0.3, 0.4) is 0 Å². The van der Waals surface area contributed by atoms with Crippen LogP contribution >= 0.6 is 0 Å². The van der Waals surface area contributed by atoms with Gasteiger partial charge in [0.15, 0.2) is 0 Å². The maximum atomic E-state index is 12.2. The van der Waals surface area contributed by atoms with Gasteiger partial charge >= 0.3 is 725 Å². The van der Waals surface area contributed by atoms with Crippen molar-refractivity contribution in [3.05, 3.63) is 130 Å². The molecule has 12 rings (SSSR count). The van der Waals surface area contributed by atoms with Gasteiger partial charge in [0.1, 0.15) is 0 Å². The van der Waals surface area contributed by atoms with Crippen LogP contribution in [0.5, 0.6) is 0 Å². The summed E-state index contributed by atoms with van der Waals surface area (Å²) in [5.74, 6) is -1.61. The number of ether oxygens (including phenoxy) is 3. The van der Waals surface area contributed by atoms with E-state index in [0.717, 1.165) is 43.8 Å². The Balaban J connectivity index is 0.00000413. The van der Waals surface area contributed by atoms with Crippen molar-refractivity contribution in [3.63, 3.8) is 0 Å². The molecule has 1 spiro atoms. The standard InChI is InChI=1S/C71H100N10O22S5Si3.4Na/c1-109(2,53-23-39-80(34-13-18-48-104(84,85)86,35-14-19-49-105(87,88)89)36-15-20-50-106(90,91)92)102-111(103-110(3,4)54-24-40-81(37-16-21-51-107(93,94)95,38-17-22-52-108(96,97)98)41-43-100-45-47-101-46-44-99-42-33-63(82)83)76-64-55-25-5-6-26-56(55)65(76)73-67-59-29-9-10-30-60(59)69(78(67)111)75-71-62-32-12-11-31-61(62)70(79(71)111)74-68-58-28-8-7-27-57(58)66(72-64)77(68)111;;;;/h5-12,25-32H,13-24,33-54H2,1-4H3,(H4-2,82,83,84,85,86,87,88,89,90,91,92,93,94,95,96,97,98);;;;/q;4*+1/p-4. The third-order valence-corrected chi connectivity index (χ3v) is 42.8. The van der Waals surface area contributed by atoms with Gasteiger partial charge in [0.25, 0.3) is 0 Å². The van der Waals surface area contributed by atoms with Crippen molar-refractivity contribution >= 4 is 137 Å². The molecule has 8 heterocycles. The minimum Gasteiger partial charge on any atom is 1.00 e. The van der Waals surface area contributed by atoms with Crippen LogP contribution in [0.1, 0.15) is 106 Å². The minimum absolute atomic E-state index is 0. The first-order valence-corrected chi connectivity index (χ1v) is 54.5. The largest absolute Gasteiger partial charge is 1.00 e. The normalized spacial score (nSPS) is 16.7. The number of aromatic nitrogens is 2. The van der Waals surface area contributed by atoms with Crippen LogP contribution in [-0.4, -0.2) is 265 Å². The fourth-order valence-electron chi connectivity index (χ4n) is 17.9. The van der Waals surface area contributed by atoms with Crippen molar-refractivity contribution in [2.75, 3.05) is 121 Å². The molecule has 44 heteroatoms. The Morgan fingerprint density at radius 2 is 0.687 bits per heavy atom. The Hall–Kier alpha value is -2.37. The molecule has 0 radical (unpaired) electrons. The molecule has 0 saturated heterocycles. The van der Waals surface area contributed by atoms with Crippen LogP contribution < -0.4 is 134 Å². The van der Waals surface area contributed by atoms with Crippen molar-refractivity contribution in [2.24, 2.45) is 20.0 Å². The second-order valence-corrected chi connectivity index (χ2v) is 53.1. The Labute approximate surface area is 762 Å². The summed E-state index contributed by atoms with van der Waals surface area (Å²) in [5, 5.41) is 13.8. The predicted molar refractivity (Wildman–Crippen MR) is 413 cm³/mol. The quantitative estimate of drug-likeness (QED) is 0.0148. The summed E-state index contributed by atoms with van der Waals surface area (Å²) in [6, 6.07) is 32.3. The number of aliphatic carboxylic acids is 1. The van der Waals surface area contributed by atoms with Crippen LogP contribution in [0.25, 0.3) is 21.5 Å². The molecule has 0 bridgehead atoms. The molecule has 0 amide bonds. The smallest absolute Gasteiger partial charge is 1.00 e. The number of hydrogen-bond acceptors (Lipinski definition) is 26. The summed E-state index contributed by atoms with van der Waals surface area (Å²) in [6.45, 7) is 11.7. The van der Waals surface area contributed by atoms with Crippen molar-refractivity contribution in [2.45, 2.75) is 122 Å². The summed E-state index contributed by atoms with van der Waals surface area (Å²) in [6.07, 6.45) is 1.74. The van der Waals surface area contributed by atoms with Gasteiger partial charge in [-0.2, -0.15) is 0 Å². The molecule has 0 unspecified atom stereocenters. The Morgan fingerprint density at radius 3 is 1.03 bits per heavy atom. The number of rotatable bonds is 49. The Kier molecular flexibility index (Phi) is 32.7. The fraction of sp³-hybridized carbons (Fsp3) is 0.535. The van der Waals surface area contributed by atoms with E-state index in [0.29, 0.717) is 104 Å². The van der Waals surface area contributed by atoms with Gasteiger partial charge in [-0.15, -0.1) is 0 Å². The number of carboxylic acid groups (broad SMARTS) is 1. The van der Waals surface area contributed by atoms with Gasteiger partial charge in [-0.25, -0.2) is 0 Å². The molecule has 4 aromatic carbocycles. The first-order chi connectivity index (χ1) is 52.3. The zero-order valence-electron chi connectivity index (χ0n) is 66.8. The van der Waals surface area contributed by atoms with Gasteiger partial charge in [-0.3, -0.25) is 0 Å². The Morgan fingerprint density at radius 1 is 0.391 bits per heavy atom. The molecule has 0 atom stereocenters. The van der Waals surface area contributed by atoms with E-state index in [2.05, 4.69) is 43.1 Å². The number of quaternary nitrogens is 2. The second-order valence-electron chi connectivity index (χ2n) is 31.2. The Bertz CT molecular complexity index is 5230. The molecule has 0 aliphatic carbocycles. The summed E-state index contributed by atoms with van der Waals surface area (Å²) >= 11 is 0. The third-order valence-electron chi connectivity index (χ3n) is 22.2. The first-order valence-electron chi connectivity index (χ1n) is 37.8. The molecule has 0 fully saturated rings. The van der Waals surface area contributed by atoms with E-state index in [4.69, 9.17) is 34.2 Å². The molecule has 0 saturated carbocycles. The van der Waals surface area contributed by atoms with Crippen LogP contribution in [0.15, 0.2) is 117 Å². The van der Waals surface area contributed by atoms with Crippen molar-refractivity contribution in [1.82, 2.24) is 8.47 Å². The number of carboxylic acids is 1. The summed E-state index contributed by atoms with van der Waals surface area (Å²) in [5.41, 5.74) is 3.82. The summed E-state index contributed by atoms with van der Waals surface area (Å²) in [4.78, 5) is 34.3. The molecule has 115 heavy (non-hydrogen) atoms. The zero-order valence-corrected chi connectivity index (χ0v) is 81.9. The first kappa shape index (κ1) is 98.1. The summed E-state index contributed by atoms with van der Waals surface area (Å²) in [7, 11) is -38.2. The van der Waals surface area contributed by atoms with Crippen molar-refractivity contribution in [1.29, 1.82) is 0 Å². The van der Waals surface area contributed by atoms with E-state index in [1.165, 1.54) is 0 Å². The molecule has 0 N–H and O–H groups in total. The topological polar surface area (TPSA) is 438 Å². The molecule has 2 aromatic heterocycles. The SMILES string of the molecule is C[Si](C)(CCC[N+](CCCCS(=O)(=O)[O-])(CCCCS(=O)(=O)[O-])CCCCS(=O)(=O)[O-])O[Si-2]123(O[Si](C)(C)CCC[N+](CCCCS(=O)(=O)[O-])(CCCCS(=O)(=O)[O-])CCOCCOCCOCCC(=O)[O-])n4c5c6ccccc6c4N=C4c6ccccc6C(=[N+]41)N=c1c4ccccc4c(n12)=NC1=[N+]3C(=N5)c2ccccc21.[Na+].[Na+].[Na+].[Na+]. The second kappa shape index (κ2) is 38.4. The van der Waals surface area contributed by atoms with Gasteiger partial charge in [-0.1, -0.05) is 0 Å². The van der Waals surface area contributed by atoms with E-state index < -0.39 is 110 Å². The van der Waals surface area contributed by atoms with Crippen LogP contribution in [0.4, 0.5) is 11.6 Å². The maximum Gasteiger partial charge on any atom is 1.00 e. The van der Waals surface area contributed by atoms with Crippen molar-refractivity contribution in [3.8, 4) is 0 Å². The van der Waals surface area contributed by atoms with Crippen LogP contribution in [0, 0.1) is 0 Å². The number of aliphatic imine (C=N–C) groups is 2. The van der Waals surface area contributed by atoms with Crippen LogP contribution in [-0.2, 0) is 77.8 Å². The number of carbonyl (C=O) groups excluding carboxylic acids is 1. The number of hydrogen-bond donors (Lipinski definition) is 0. The number of unbranched alkanes of at least 4 members (excludes halogenated alkanes) is 5. The fourth-order valence-corrected chi connectivity index (χ4v) is 42.9. The van der Waals surface area contributed by atoms with Gasteiger partial charge < -0.3 is 14.6 Å². The van der Waals surface area contributed by atoms with E-state index in [1.54, 1.807) is 0 Å². The number of benzene rings is 4. The van der Waals surface area contributed by atoms with Gasteiger partial charge in [0.2, 0.25) is 0 Å². The van der Waals surface area contributed by atoms with E-state index >= 15 is 0 Å². The average Bonchev–Trinajstić information content (AvgIpc) is 1.46. The molecular formula is C71H96N10Na4O22S5Si3. The van der Waals surface area contributed by atoms with Crippen molar-refractivity contribution < 1.29 is 233 Å². The number of nitrogens with zero attached hydrogens (tertiary/aromatic N) is 10. The predicted octanol–water partition coefficient (Wildman–Crippen LogP) is -7.99. The molecule has 608 valence electrons. The number of carbonyl (C=O) groups is 1. The maximum absolute atomic E-state index is 12.2. The molecular weight excluding hydrogens is 1680 g/mol. The minimum atomic E-state index is -7.47. The van der Waals surface area contributed by atoms with Gasteiger partial charge in [-0.05, 0) is 0 Å². The number of fused-ring (bicyclic) bond motifs is 12. The monoisotopic (exact) mass is 1780 g/mol. The molecule has 6 aliphatic heterocycles. The van der Waals surface area contributed by atoms with Gasteiger partial charge in [0.05, 0.1) is 19.8 Å². The van der Waals surface area contributed by atoms with E-state index in [9.17, 15) is 83.0 Å². The molecule has 32 nitrogen and oxygen atoms in total. The molecule has 6 aromatic rings.